The van der Waals surface area contributed by atoms with Crippen LogP contribution in [0.3, 0.4) is 0 Å². The van der Waals surface area contributed by atoms with Gasteiger partial charge in [0.25, 0.3) is 5.91 Å². The predicted octanol–water partition coefficient (Wildman–Crippen LogP) is 2.83. The fourth-order valence-corrected chi connectivity index (χ4v) is 2.91. The first-order chi connectivity index (χ1) is 12.1. The van der Waals surface area contributed by atoms with E-state index >= 15 is 0 Å². The monoisotopic (exact) mass is 338 g/mol. The van der Waals surface area contributed by atoms with Crippen molar-refractivity contribution in [2.75, 3.05) is 11.5 Å². The highest BCUT2D eigenvalue weighted by atomic mass is 19.1. The second kappa shape index (κ2) is 6.01. The molecule has 1 aromatic heterocycles. The summed E-state index contributed by atoms with van der Waals surface area (Å²) in [5, 5.41) is 3.91. The van der Waals surface area contributed by atoms with Gasteiger partial charge in [0.05, 0.1) is 11.7 Å². The number of ether oxygens (including phenoxy) is 1. The van der Waals surface area contributed by atoms with Gasteiger partial charge in [0.1, 0.15) is 36.5 Å². The molecule has 0 aliphatic carbocycles. The van der Waals surface area contributed by atoms with Crippen LogP contribution < -0.4 is 9.64 Å². The number of carbonyl (C=O) groups is 1. The highest BCUT2D eigenvalue weighted by Gasteiger charge is 2.30. The zero-order chi connectivity index (χ0) is 17.4. The van der Waals surface area contributed by atoms with Gasteiger partial charge in [-0.05, 0) is 37.3 Å². The SMILES string of the molecule is C[C@@H]1COc2ccccc2N1C(=O)c1ccc(-n2cncn2)c(F)c1. The summed E-state index contributed by atoms with van der Waals surface area (Å²) in [5.74, 6) is -0.161. The summed E-state index contributed by atoms with van der Waals surface area (Å²) in [7, 11) is 0. The van der Waals surface area contributed by atoms with Crippen molar-refractivity contribution in [3.63, 3.8) is 0 Å². The van der Waals surface area contributed by atoms with Gasteiger partial charge in [-0.2, -0.15) is 5.10 Å². The second-order valence-electron chi connectivity index (χ2n) is 5.81. The normalized spacial score (nSPS) is 16.2. The molecular formula is C18H15FN4O2. The van der Waals surface area contributed by atoms with Gasteiger partial charge in [-0.25, -0.2) is 14.1 Å². The Kier molecular flexibility index (Phi) is 3.68. The van der Waals surface area contributed by atoms with Crippen LogP contribution >= 0.6 is 0 Å². The van der Waals surface area contributed by atoms with E-state index in [1.165, 1.54) is 29.5 Å². The van der Waals surface area contributed by atoms with Gasteiger partial charge in [0, 0.05) is 5.56 Å². The third kappa shape index (κ3) is 2.63. The molecule has 1 atom stereocenters. The molecule has 2 heterocycles. The van der Waals surface area contributed by atoms with Crippen molar-refractivity contribution < 1.29 is 13.9 Å². The van der Waals surface area contributed by atoms with E-state index < -0.39 is 5.82 Å². The molecular weight excluding hydrogens is 323 g/mol. The van der Waals surface area contributed by atoms with Crippen molar-refractivity contribution in [1.29, 1.82) is 0 Å². The number of hydrogen-bond donors (Lipinski definition) is 0. The zero-order valence-corrected chi connectivity index (χ0v) is 13.5. The van der Waals surface area contributed by atoms with Crippen LogP contribution in [0.25, 0.3) is 5.69 Å². The van der Waals surface area contributed by atoms with Gasteiger partial charge < -0.3 is 4.74 Å². The molecule has 0 fully saturated rings. The van der Waals surface area contributed by atoms with Crippen molar-refractivity contribution in [3.05, 3.63) is 66.5 Å². The topological polar surface area (TPSA) is 60.2 Å². The van der Waals surface area contributed by atoms with Crippen molar-refractivity contribution in [2.45, 2.75) is 13.0 Å². The molecule has 7 heteroatoms. The predicted molar refractivity (Wildman–Crippen MR) is 89.5 cm³/mol. The lowest BCUT2D eigenvalue weighted by Crippen LogP contribution is -2.45. The number of hydrogen-bond acceptors (Lipinski definition) is 4. The molecule has 0 radical (unpaired) electrons. The maximum atomic E-state index is 14.4. The van der Waals surface area contributed by atoms with Gasteiger partial charge in [-0.3, -0.25) is 9.69 Å². The summed E-state index contributed by atoms with van der Waals surface area (Å²) in [6, 6.07) is 11.5. The number of amides is 1. The number of aromatic nitrogens is 3. The van der Waals surface area contributed by atoms with E-state index in [4.69, 9.17) is 4.74 Å². The molecule has 4 rings (SSSR count). The fraction of sp³-hybridized carbons (Fsp3) is 0.167. The smallest absolute Gasteiger partial charge is 0.258 e. The Hall–Kier alpha value is -3.22. The Morgan fingerprint density at radius 3 is 2.84 bits per heavy atom. The average molecular weight is 338 g/mol. The summed E-state index contributed by atoms with van der Waals surface area (Å²) in [4.78, 5) is 18.4. The van der Waals surface area contributed by atoms with E-state index in [2.05, 4.69) is 10.1 Å². The van der Waals surface area contributed by atoms with Gasteiger partial charge in [0.2, 0.25) is 0 Å². The Bertz CT molecular complexity index is 927. The molecule has 126 valence electrons. The van der Waals surface area contributed by atoms with Crippen LogP contribution in [-0.4, -0.2) is 33.3 Å². The lowest BCUT2D eigenvalue weighted by molar-refractivity contribution is 0.0960. The summed E-state index contributed by atoms with van der Waals surface area (Å²) in [6.45, 7) is 2.29. The molecule has 25 heavy (non-hydrogen) atoms. The zero-order valence-electron chi connectivity index (χ0n) is 13.5. The van der Waals surface area contributed by atoms with E-state index in [-0.39, 0.29) is 23.2 Å². The van der Waals surface area contributed by atoms with Crippen LogP contribution in [-0.2, 0) is 0 Å². The van der Waals surface area contributed by atoms with Gasteiger partial charge in [-0.15, -0.1) is 0 Å². The molecule has 0 spiro atoms. The highest BCUT2D eigenvalue weighted by Crippen LogP contribution is 2.34. The van der Waals surface area contributed by atoms with Gasteiger partial charge >= 0.3 is 0 Å². The molecule has 1 aliphatic heterocycles. The standard InChI is InChI=1S/C18H15FN4O2/c1-12-9-25-17-5-3-2-4-16(17)23(12)18(24)13-6-7-15(14(19)8-13)22-11-20-10-21-22/h2-8,10-12H,9H2,1H3/t12-/m1/s1. The van der Waals surface area contributed by atoms with E-state index in [9.17, 15) is 9.18 Å². The molecule has 3 aromatic rings. The number of benzene rings is 2. The minimum atomic E-state index is -0.537. The van der Waals surface area contributed by atoms with Gasteiger partial charge in [0.15, 0.2) is 0 Å². The number of fused-ring (bicyclic) bond motifs is 1. The number of para-hydroxylation sites is 2. The first kappa shape index (κ1) is 15.3. The summed E-state index contributed by atoms with van der Waals surface area (Å²) < 4.78 is 21.4. The Morgan fingerprint density at radius 2 is 2.08 bits per heavy atom. The number of anilines is 1. The van der Waals surface area contributed by atoms with Crippen LogP contribution in [0, 0.1) is 5.82 Å². The Balaban J connectivity index is 1.71. The third-order valence-electron chi connectivity index (χ3n) is 4.12. The largest absolute Gasteiger partial charge is 0.489 e. The van der Waals surface area contributed by atoms with Crippen LogP contribution in [0.15, 0.2) is 55.1 Å². The fourth-order valence-electron chi connectivity index (χ4n) is 2.91. The molecule has 1 amide bonds. The van der Waals surface area contributed by atoms with Crippen molar-refractivity contribution in [2.24, 2.45) is 0 Å². The summed E-state index contributed by atoms with van der Waals surface area (Å²) >= 11 is 0. The van der Waals surface area contributed by atoms with E-state index in [1.807, 2.05) is 31.2 Å². The summed E-state index contributed by atoms with van der Waals surface area (Å²) in [5.41, 5.74) is 1.20. The molecule has 0 bridgehead atoms. The Morgan fingerprint density at radius 1 is 1.24 bits per heavy atom. The van der Waals surface area contributed by atoms with Crippen LogP contribution in [0.2, 0.25) is 0 Å². The van der Waals surface area contributed by atoms with Crippen LogP contribution in [0.4, 0.5) is 10.1 Å². The van der Waals surface area contributed by atoms with Crippen molar-refractivity contribution >= 4 is 11.6 Å². The lowest BCUT2D eigenvalue weighted by Gasteiger charge is -2.35. The quantitative estimate of drug-likeness (QED) is 0.721. The molecule has 1 aliphatic rings. The van der Waals surface area contributed by atoms with Crippen LogP contribution in [0.5, 0.6) is 5.75 Å². The van der Waals surface area contributed by atoms with Gasteiger partial charge in [-0.1, -0.05) is 12.1 Å². The molecule has 0 saturated heterocycles. The molecule has 6 nitrogen and oxygen atoms in total. The van der Waals surface area contributed by atoms with Crippen molar-refractivity contribution in [1.82, 2.24) is 14.8 Å². The number of halogens is 1. The molecule has 0 N–H and O–H groups in total. The minimum absolute atomic E-state index is 0.152. The molecule has 0 unspecified atom stereocenters. The number of rotatable bonds is 2. The third-order valence-corrected chi connectivity index (χ3v) is 4.12. The van der Waals surface area contributed by atoms with Crippen LogP contribution in [0.1, 0.15) is 17.3 Å². The number of carbonyl (C=O) groups excluding carboxylic acids is 1. The molecule has 0 saturated carbocycles. The maximum absolute atomic E-state index is 14.4. The molecule has 2 aromatic carbocycles. The average Bonchev–Trinajstić information content (AvgIpc) is 3.15. The Labute approximate surface area is 143 Å². The maximum Gasteiger partial charge on any atom is 0.258 e. The second-order valence-corrected chi connectivity index (χ2v) is 5.81. The first-order valence-corrected chi connectivity index (χ1v) is 7.85. The highest BCUT2D eigenvalue weighted by molar-refractivity contribution is 6.07. The van der Waals surface area contributed by atoms with E-state index in [0.29, 0.717) is 18.0 Å². The number of nitrogens with zero attached hydrogens (tertiary/aromatic N) is 4. The lowest BCUT2D eigenvalue weighted by atomic mass is 10.1. The summed E-state index contributed by atoms with van der Waals surface area (Å²) in [6.07, 6.45) is 2.73. The van der Waals surface area contributed by atoms with Crippen molar-refractivity contribution in [3.8, 4) is 11.4 Å². The van der Waals surface area contributed by atoms with E-state index in [0.717, 1.165) is 0 Å². The minimum Gasteiger partial charge on any atom is -0.489 e. The van der Waals surface area contributed by atoms with E-state index in [1.54, 1.807) is 11.0 Å². The first-order valence-electron chi connectivity index (χ1n) is 7.85.